The zero-order valence-corrected chi connectivity index (χ0v) is 13.5. The van der Waals surface area contributed by atoms with Crippen molar-refractivity contribution in [2.24, 2.45) is 11.8 Å². The van der Waals surface area contributed by atoms with Crippen LogP contribution in [0.2, 0.25) is 0 Å². The lowest BCUT2D eigenvalue weighted by Gasteiger charge is -2.40. The Morgan fingerprint density at radius 2 is 2.00 bits per heavy atom. The van der Waals surface area contributed by atoms with Crippen LogP contribution in [0.15, 0.2) is 29.2 Å². The lowest BCUT2D eigenvalue weighted by molar-refractivity contribution is 0.249. The van der Waals surface area contributed by atoms with Crippen molar-refractivity contribution in [1.82, 2.24) is 5.32 Å². The van der Waals surface area contributed by atoms with Crippen molar-refractivity contribution >= 4 is 11.8 Å². The fraction of sp³-hybridized carbons (Fsp3) is 0.647. The summed E-state index contributed by atoms with van der Waals surface area (Å²) in [6, 6.07) is 7.65. The lowest BCUT2D eigenvalue weighted by atomic mass is 9.80. The highest BCUT2D eigenvalue weighted by molar-refractivity contribution is 8.00. The first-order valence-electron chi connectivity index (χ1n) is 7.76. The van der Waals surface area contributed by atoms with Crippen LogP contribution in [0.25, 0.3) is 0 Å². The molecule has 1 aliphatic rings. The highest BCUT2D eigenvalue weighted by atomic mass is 32.2. The normalized spacial score (nSPS) is 30.4. The molecule has 112 valence electrons. The Bertz CT molecular complexity index is 423. The van der Waals surface area contributed by atoms with Crippen LogP contribution in [0.5, 0.6) is 0 Å². The molecule has 0 heterocycles. The molecule has 1 aliphatic carbocycles. The summed E-state index contributed by atoms with van der Waals surface area (Å²) >= 11 is 1.72. The van der Waals surface area contributed by atoms with Gasteiger partial charge in [-0.3, -0.25) is 0 Å². The van der Waals surface area contributed by atoms with Crippen molar-refractivity contribution in [1.29, 1.82) is 0 Å². The average Bonchev–Trinajstić information content (AvgIpc) is 2.41. The van der Waals surface area contributed by atoms with Gasteiger partial charge in [0.05, 0.1) is 0 Å². The Morgan fingerprint density at radius 3 is 2.70 bits per heavy atom. The largest absolute Gasteiger partial charge is 0.313 e. The molecule has 3 heteroatoms. The third kappa shape index (κ3) is 3.98. The minimum atomic E-state index is -0.0856. The highest BCUT2D eigenvalue weighted by Gasteiger charge is 2.34. The van der Waals surface area contributed by atoms with Crippen molar-refractivity contribution in [2.45, 2.75) is 56.2 Å². The summed E-state index contributed by atoms with van der Waals surface area (Å²) in [5.74, 6) is 1.30. The van der Waals surface area contributed by atoms with Crippen LogP contribution in [0.4, 0.5) is 4.39 Å². The van der Waals surface area contributed by atoms with Crippen molar-refractivity contribution in [3.05, 3.63) is 30.1 Å². The van der Waals surface area contributed by atoms with Gasteiger partial charge in [0.15, 0.2) is 0 Å². The number of halogens is 1. The standard InChI is InChI=1S/C17H26FNS/c1-4-9-19-15-11-12(2)10-13(3)17(15)20-16-8-6-5-7-14(16)18/h5-8,12-13,15,17,19H,4,9-11H2,1-3H3. The van der Waals surface area contributed by atoms with Gasteiger partial charge in [0, 0.05) is 16.2 Å². The van der Waals surface area contributed by atoms with Gasteiger partial charge in [-0.1, -0.05) is 32.9 Å². The van der Waals surface area contributed by atoms with Crippen LogP contribution in [0.1, 0.15) is 40.0 Å². The van der Waals surface area contributed by atoms with Crippen LogP contribution in [-0.2, 0) is 0 Å². The third-order valence-corrected chi connectivity index (χ3v) is 5.79. The molecule has 0 aromatic heterocycles. The number of rotatable bonds is 5. The maximum atomic E-state index is 13.9. The second-order valence-corrected chi connectivity index (χ2v) is 7.35. The quantitative estimate of drug-likeness (QED) is 0.843. The van der Waals surface area contributed by atoms with E-state index in [1.807, 2.05) is 12.1 Å². The van der Waals surface area contributed by atoms with Crippen LogP contribution in [0.3, 0.4) is 0 Å². The van der Waals surface area contributed by atoms with E-state index < -0.39 is 0 Å². The van der Waals surface area contributed by atoms with E-state index in [0.29, 0.717) is 17.2 Å². The maximum Gasteiger partial charge on any atom is 0.136 e. The van der Waals surface area contributed by atoms with Gasteiger partial charge in [0.1, 0.15) is 5.82 Å². The fourth-order valence-corrected chi connectivity index (χ4v) is 4.59. The van der Waals surface area contributed by atoms with E-state index in [1.165, 1.54) is 12.8 Å². The summed E-state index contributed by atoms with van der Waals surface area (Å²) in [7, 11) is 0. The Hall–Kier alpha value is -0.540. The topological polar surface area (TPSA) is 12.0 Å². The van der Waals surface area contributed by atoms with Gasteiger partial charge in [0.25, 0.3) is 0 Å². The van der Waals surface area contributed by atoms with Gasteiger partial charge in [-0.25, -0.2) is 4.39 Å². The van der Waals surface area contributed by atoms with E-state index in [9.17, 15) is 4.39 Å². The Labute approximate surface area is 126 Å². The molecule has 1 nitrogen and oxygen atoms in total. The molecule has 0 saturated heterocycles. The van der Waals surface area contributed by atoms with Crippen LogP contribution in [-0.4, -0.2) is 17.8 Å². The van der Waals surface area contributed by atoms with Gasteiger partial charge >= 0.3 is 0 Å². The van der Waals surface area contributed by atoms with Crippen molar-refractivity contribution in [3.8, 4) is 0 Å². The molecule has 4 atom stereocenters. The van der Waals surface area contributed by atoms with E-state index >= 15 is 0 Å². The summed E-state index contributed by atoms with van der Waals surface area (Å²) in [5, 5.41) is 4.15. The zero-order valence-electron chi connectivity index (χ0n) is 12.7. The molecule has 0 aliphatic heterocycles. The smallest absolute Gasteiger partial charge is 0.136 e. The van der Waals surface area contributed by atoms with Crippen LogP contribution >= 0.6 is 11.8 Å². The average molecular weight is 295 g/mol. The molecule has 2 rings (SSSR count). The maximum absolute atomic E-state index is 13.9. The highest BCUT2D eigenvalue weighted by Crippen LogP contribution is 2.40. The molecule has 1 saturated carbocycles. The van der Waals surface area contributed by atoms with E-state index in [2.05, 4.69) is 26.1 Å². The first-order valence-corrected chi connectivity index (χ1v) is 8.64. The first-order chi connectivity index (χ1) is 9.61. The molecule has 0 radical (unpaired) electrons. The molecule has 1 aromatic rings. The van der Waals surface area contributed by atoms with Crippen molar-refractivity contribution in [2.75, 3.05) is 6.54 Å². The van der Waals surface area contributed by atoms with Crippen molar-refractivity contribution < 1.29 is 4.39 Å². The molecule has 1 aromatic carbocycles. The van der Waals surface area contributed by atoms with Gasteiger partial charge in [-0.2, -0.15) is 0 Å². The molecule has 0 bridgehead atoms. The zero-order chi connectivity index (χ0) is 14.5. The SMILES string of the molecule is CCCNC1CC(C)CC(C)C1Sc1ccccc1F. The third-order valence-electron chi connectivity index (χ3n) is 4.14. The Kier molecular flexibility index (Phi) is 5.91. The number of benzene rings is 1. The summed E-state index contributed by atoms with van der Waals surface area (Å²) in [5.41, 5.74) is 0. The number of hydrogen-bond donors (Lipinski definition) is 1. The van der Waals surface area contributed by atoms with Gasteiger partial charge in [-0.05, 0) is 49.8 Å². The van der Waals surface area contributed by atoms with Gasteiger partial charge in [-0.15, -0.1) is 11.8 Å². The summed E-state index contributed by atoms with van der Waals surface area (Å²) in [4.78, 5) is 0.794. The molecule has 1 fully saturated rings. The summed E-state index contributed by atoms with van der Waals surface area (Å²) in [6.07, 6.45) is 3.60. The molecule has 20 heavy (non-hydrogen) atoms. The lowest BCUT2D eigenvalue weighted by Crippen LogP contribution is -2.46. The van der Waals surface area contributed by atoms with E-state index in [-0.39, 0.29) is 5.82 Å². The second kappa shape index (κ2) is 7.46. The predicted molar refractivity (Wildman–Crippen MR) is 85.7 cm³/mol. The van der Waals surface area contributed by atoms with Gasteiger partial charge in [0.2, 0.25) is 0 Å². The van der Waals surface area contributed by atoms with E-state index in [1.54, 1.807) is 23.9 Å². The minimum Gasteiger partial charge on any atom is -0.313 e. The Balaban J connectivity index is 2.10. The monoisotopic (exact) mass is 295 g/mol. The molecule has 4 unspecified atom stereocenters. The number of nitrogens with one attached hydrogen (secondary N) is 1. The molecular formula is C17H26FNS. The first kappa shape index (κ1) is 15.8. The summed E-state index contributed by atoms with van der Waals surface area (Å²) < 4.78 is 13.9. The van der Waals surface area contributed by atoms with E-state index in [4.69, 9.17) is 0 Å². The van der Waals surface area contributed by atoms with Gasteiger partial charge < -0.3 is 5.32 Å². The number of thioether (sulfide) groups is 1. The molecule has 0 amide bonds. The van der Waals surface area contributed by atoms with E-state index in [0.717, 1.165) is 23.8 Å². The van der Waals surface area contributed by atoms with Crippen LogP contribution in [0, 0.1) is 17.7 Å². The van der Waals surface area contributed by atoms with Crippen LogP contribution < -0.4 is 5.32 Å². The number of hydrogen-bond acceptors (Lipinski definition) is 2. The molecular weight excluding hydrogens is 269 g/mol. The van der Waals surface area contributed by atoms with Crippen molar-refractivity contribution in [3.63, 3.8) is 0 Å². The minimum absolute atomic E-state index is 0.0856. The molecule has 1 N–H and O–H groups in total. The second-order valence-electron chi connectivity index (χ2n) is 6.13. The fourth-order valence-electron chi connectivity index (χ4n) is 3.24. The predicted octanol–water partition coefficient (Wildman–Crippen LogP) is 4.72. The molecule has 0 spiro atoms. The Morgan fingerprint density at radius 1 is 1.25 bits per heavy atom. The summed E-state index contributed by atoms with van der Waals surface area (Å²) in [6.45, 7) is 7.90.